The average Bonchev–Trinajstić information content (AvgIpc) is 3.24. The second-order valence-electron chi connectivity index (χ2n) is 8.28. The lowest BCUT2D eigenvalue weighted by molar-refractivity contribution is -0.0298. The summed E-state index contributed by atoms with van der Waals surface area (Å²) in [4.78, 5) is 14.7. The Balaban J connectivity index is 1.57. The second kappa shape index (κ2) is 8.70. The molecule has 0 bridgehead atoms. The normalized spacial score (nSPS) is 22.3. The largest absolute Gasteiger partial charge is 0.497 e. The fourth-order valence-electron chi connectivity index (χ4n) is 4.51. The molecule has 7 heteroatoms. The standard InChI is InChI=1S/C23H29N5O2/c1-29-18-9-7-17(8-10-18)21-22-23(28(15-25-22)20-6-2-3-12-30-20)27-19(26-21)13-16-5-4-11-24-14-16/h7-10,15-16,20,24H,2-6,11-14H2,1H3. The van der Waals surface area contributed by atoms with Crippen LogP contribution in [-0.2, 0) is 11.2 Å². The maximum atomic E-state index is 6.03. The van der Waals surface area contributed by atoms with Gasteiger partial charge < -0.3 is 14.8 Å². The van der Waals surface area contributed by atoms with Crippen molar-refractivity contribution in [3.63, 3.8) is 0 Å². The van der Waals surface area contributed by atoms with Crippen molar-refractivity contribution in [2.75, 3.05) is 26.8 Å². The highest BCUT2D eigenvalue weighted by Gasteiger charge is 2.23. The number of aromatic nitrogens is 4. The van der Waals surface area contributed by atoms with Gasteiger partial charge in [-0.15, -0.1) is 0 Å². The summed E-state index contributed by atoms with van der Waals surface area (Å²) in [6, 6.07) is 8.02. The Morgan fingerprint density at radius 1 is 1.13 bits per heavy atom. The highest BCUT2D eigenvalue weighted by Crippen LogP contribution is 2.31. The van der Waals surface area contributed by atoms with Crippen molar-refractivity contribution < 1.29 is 9.47 Å². The zero-order chi connectivity index (χ0) is 20.3. The van der Waals surface area contributed by atoms with Crippen LogP contribution in [0.1, 0.15) is 44.2 Å². The molecule has 0 amide bonds. The van der Waals surface area contributed by atoms with Gasteiger partial charge in [0.25, 0.3) is 0 Å². The number of imidazole rings is 1. The van der Waals surface area contributed by atoms with Crippen LogP contribution in [0.3, 0.4) is 0 Å². The summed E-state index contributed by atoms with van der Waals surface area (Å²) in [7, 11) is 1.68. The van der Waals surface area contributed by atoms with Gasteiger partial charge in [0.2, 0.25) is 0 Å². The summed E-state index contributed by atoms with van der Waals surface area (Å²) in [6.45, 7) is 2.94. The van der Waals surface area contributed by atoms with Crippen molar-refractivity contribution >= 4 is 11.2 Å². The van der Waals surface area contributed by atoms with E-state index < -0.39 is 0 Å². The second-order valence-corrected chi connectivity index (χ2v) is 8.28. The van der Waals surface area contributed by atoms with Crippen LogP contribution in [-0.4, -0.2) is 46.3 Å². The zero-order valence-electron chi connectivity index (χ0n) is 17.5. The average molecular weight is 408 g/mol. The fraction of sp³-hybridized carbons (Fsp3) is 0.522. The van der Waals surface area contributed by atoms with Crippen LogP contribution in [0.15, 0.2) is 30.6 Å². The molecule has 30 heavy (non-hydrogen) atoms. The predicted octanol–water partition coefficient (Wildman–Crippen LogP) is 3.74. The van der Waals surface area contributed by atoms with Gasteiger partial charge in [0.05, 0.1) is 13.4 Å². The first-order chi connectivity index (χ1) is 14.8. The van der Waals surface area contributed by atoms with Crippen molar-refractivity contribution in [2.24, 2.45) is 5.92 Å². The summed E-state index contributed by atoms with van der Waals surface area (Å²) in [5.41, 5.74) is 3.62. The number of fused-ring (bicyclic) bond motifs is 1. The number of methoxy groups -OCH3 is 1. The molecule has 2 aromatic heterocycles. The van der Waals surface area contributed by atoms with Crippen molar-refractivity contribution in [3.05, 3.63) is 36.4 Å². The molecule has 2 aliphatic heterocycles. The predicted molar refractivity (Wildman–Crippen MR) is 115 cm³/mol. The van der Waals surface area contributed by atoms with Crippen molar-refractivity contribution in [2.45, 2.75) is 44.8 Å². The number of hydrogen-bond acceptors (Lipinski definition) is 6. The molecular weight excluding hydrogens is 378 g/mol. The van der Waals surface area contributed by atoms with Crippen molar-refractivity contribution in [1.82, 2.24) is 24.8 Å². The third-order valence-corrected chi connectivity index (χ3v) is 6.17. The van der Waals surface area contributed by atoms with Gasteiger partial charge in [-0.3, -0.25) is 4.57 Å². The molecule has 0 saturated carbocycles. The van der Waals surface area contributed by atoms with Gasteiger partial charge in [-0.05, 0) is 75.4 Å². The van der Waals surface area contributed by atoms with E-state index >= 15 is 0 Å². The Morgan fingerprint density at radius 2 is 2.03 bits per heavy atom. The molecule has 7 nitrogen and oxygen atoms in total. The lowest BCUT2D eigenvalue weighted by atomic mass is 9.96. The van der Waals surface area contributed by atoms with E-state index in [4.69, 9.17) is 24.4 Å². The van der Waals surface area contributed by atoms with Gasteiger partial charge in [-0.1, -0.05) is 0 Å². The molecule has 0 aliphatic carbocycles. The summed E-state index contributed by atoms with van der Waals surface area (Å²) < 4.78 is 13.5. The summed E-state index contributed by atoms with van der Waals surface area (Å²) in [5, 5.41) is 3.50. The van der Waals surface area contributed by atoms with Crippen LogP contribution in [0.5, 0.6) is 5.75 Å². The number of rotatable bonds is 5. The van der Waals surface area contributed by atoms with Gasteiger partial charge in [0.15, 0.2) is 5.65 Å². The van der Waals surface area contributed by atoms with Crippen LogP contribution >= 0.6 is 0 Å². The Morgan fingerprint density at radius 3 is 2.77 bits per heavy atom. The van der Waals surface area contributed by atoms with Crippen LogP contribution in [0, 0.1) is 5.92 Å². The van der Waals surface area contributed by atoms with E-state index in [1.807, 2.05) is 30.6 Å². The molecule has 2 unspecified atom stereocenters. The first-order valence-electron chi connectivity index (χ1n) is 11.0. The summed E-state index contributed by atoms with van der Waals surface area (Å²) in [6.07, 6.45) is 8.47. The topological polar surface area (TPSA) is 74.1 Å². The molecule has 158 valence electrons. The molecule has 2 aliphatic rings. The summed E-state index contributed by atoms with van der Waals surface area (Å²) >= 11 is 0. The Kier molecular flexibility index (Phi) is 5.64. The van der Waals surface area contributed by atoms with Crippen LogP contribution in [0.4, 0.5) is 0 Å². The van der Waals surface area contributed by atoms with Crippen molar-refractivity contribution in [1.29, 1.82) is 0 Å². The number of ether oxygens (including phenoxy) is 2. The van der Waals surface area contributed by atoms with Gasteiger partial charge >= 0.3 is 0 Å². The highest BCUT2D eigenvalue weighted by atomic mass is 16.5. The van der Waals surface area contributed by atoms with Gasteiger partial charge in [-0.2, -0.15) is 0 Å². The quantitative estimate of drug-likeness (QED) is 0.694. The number of benzene rings is 1. The molecule has 5 rings (SSSR count). The fourth-order valence-corrected chi connectivity index (χ4v) is 4.51. The first-order valence-corrected chi connectivity index (χ1v) is 11.0. The van der Waals surface area contributed by atoms with E-state index in [0.29, 0.717) is 5.92 Å². The Bertz CT molecular complexity index is 989. The van der Waals surface area contributed by atoms with E-state index in [-0.39, 0.29) is 6.23 Å². The first kappa shape index (κ1) is 19.5. The van der Waals surface area contributed by atoms with E-state index in [2.05, 4.69) is 9.88 Å². The number of nitrogens with one attached hydrogen (secondary N) is 1. The van der Waals surface area contributed by atoms with Gasteiger partial charge in [0.1, 0.15) is 29.0 Å². The minimum absolute atomic E-state index is 0.00608. The van der Waals surface area contributed by atoms with Crippen molar-refractivity contribution in [3.8, 4) is 17.0 Å². The highest BCUT2D eigenvalue weighted by molar-refractivity contribution is 5.87. The lowest BCUT2D eigenvalue weighted by Gasteiger charge is -2.24. The number of piperidine rings is 1. The minimum atomic E-state index is 0.00608. The molecule has 2 fully saturated rings. The maximum Gasteiger partial charge on any atom is 0.166 e. The Labute approximate surface area is 176 Å². The molecule has 0 radical (unpaired) electrons. The van der Waals surface area contributed by atoms with Crippen LogP contribution in [0.2, 0.25) is 0 Å². The van der Waals surface area contributed by atoms with E-state index in [9.17, 15) is 0 Å². The molecule has 2 atom stereocenters. The van der Waals surface area contributed by atoms with E-state index in [1.165, 1.54) is 19.3 Å². The maximum absolute atomic E-state index is 6.03. The van der Waals surface area contributed by atoms with E-state index in [1.54, 1.807) is 7.11 Å². The van der Waals surface area contributed by atoms with Crippen LogP contribution < -0.4 is 10.1 Å². The van der Waals surface area contributed by atoms with Crippen LogP contribution in [0.25, 0.3) is 22.4 Å². The molecule has 1 N–H and O–H groups in total. The molecule has 1 aromatic carbocycles. The number of nitrogens with zero attached hydrogens (tertiary/aromatic N) is 4. The van der Waals surface area contributed by atoms with E-state index in [0.717, 1.165) is 73.0 Å². The molecule has 4 heterocycles. The minimum Gasteiger partial charge on any atom is -0.497 e. The molecule has 0 spiro atoms. The van der Waals surface area contributed by atoms with Gasteiger partial charge in [-0.25, -0.2) is 15.0 Å². The lowest BCUT2D eigenvalue weighted by Crippen LogP contribution is -2.31. The Hall–Kier alpha value is -2.51. The summed E-state index contributed by atoms with van der Waals surface area (Å²) in [5.74, 6) is 2.29. The smallest absolute Gasteiger partial charge is 0.166 e. The number of hydrogen-bond donors (Lipinski definition) is 1. The molecule has 2 saturated heterocycles. The SMILES string of the molecule is COc1ccc(-c2nc(CC3CCCNC3)nc3c2ncn3C2CCCCO2)cc1. The molecule has 3 aromatic rings. The monoisotopic (exact) mass is 407 g/mol. The molecular formula is C23H29N5O2. The van der Waals surface area contributed by atoms with Gasteiger partial charge in [0, 0.05) is 18.6 Å². The zero-order valence-corrected chi connectivity index (χ0v) is 17.5. The third-order valence-electron chi connectivity index (χ3n) is 6.17. The third kappa shape index (κ3) is 3.91.